The molecule has 1 aromatic carbocycles. The van der Waals surface area contributed by atoms with Gasteiger partial charge in [0.15, 0.2) is 5.82 Å². The molecule has 0 aliphatic carbocycles. The van der Waals surface area contributed by atoms with Crippen molar-refractivity contribution in [1.29, 1.82) is 0 Å². The average Bonchev–Trinajstić information content (AvgIpc) is 2.66. The van der Waals surface area contributed by atoms with Gasteiger partial charge in [0.05, 0.1) is 10.9 Å². The molecule has 0 bridgehead atoms. The van der Waals surface area contributed by atoms with Crippen LogP contribution in [0.2, 0.25) is 0 Å². The molecular formula is C10H7BrClFN2O. The predicted octanol–water partition coefficient (Wildman–Crippen LogP) is 3.94. The molecule has 0 N–H and O–H groups in total. The number of hydrogen-bond donors (Lipinski definition) is 0. The van der Waals surface area contributed by atoms with E-state index in [4.69, 9.17) is 16.1 Å². The largest absolute Gasteiger partial charge is 0.334 e. The van der Waals surface area contributed by atoms with Gasteiger partial charge in [0, 0.05) is 4.47 Å². The van der Waals surface area contributed by atoms with Gasteiger partial charge in [0.1, 0.15) is 5.82 Å². The molecule has 0 amide bonds. The minimum absolute atomic E-state index is 0.118. The van der Waals surface area contributed by atoms with E-state index in [2.05, 4.69) is 26.1 Å². The Hall–Kier alpha value is -0.940. The zero-order valence-electron chi connectivity index (χ0n) is 8.25. The van der Waals surface area contributed by atoms with Crippen molar-refractivity contribution in [3.05, 3.63) is 34.3 Å². The van der Waals surface area contributed by atoms with Gasteiger partial charge < -0.3 is 4.52 Å². The molecule has 0 aliphatic rings. The maximum absolute atomic E-state index is 13.6. The molecule has 2 aromatic rings. The summed E-state index contributed by atoms with van der Waals surface area (Å²) in [6, 6.07) is 4.62. The predicted molar refractivity (Wildman–Crippen MR) is 61.7 cm³/mol. The van der Waals surface area contributed by atoms with Gasteiger partial charge >= 0.3 is 0 Å². The number of halogens is 3. The van der Waals surface area contributed by atoms with Gasteiger partial charge in [-0.25, -0.2) is 4.39 Å². The van der Waals surface area contributed by atoms with E-state index in [-0.39, 0.29) is 16.8 Å². The van der Waals surface area contributed by atoms with Gasteiger partial charge in [0.2, 0.25) is 0 Å². The average molecular weight is 306 g/mol. The van der Waals surface area contributed by atoms with E-state index < -0.39 is 5.82 Å². The number of hydrogen-bond acceptors (Lipinski definition) is 3. The van der Waals surface area contributed by atoms with Crippen LogP contribution in [0.15, 0.2) is 27.2 Å². The zero-order chi connectivity index (χ0) is 11.7. The molecule has 0 radical (unpaired) electrons. The summed E-state index contributed by atoms with van der Waals surface area (Å²) in [6.07, 6.45) is 0. The van der Waals surface area contributed by atoms with Crippen LogP contribution in [0.5, 0.6) is 0 Å². The Morgan fingerprint density at radius 2 is 2.25 bits per heavy atom. The highest BCUT2D eigenvalue weighted by molar-refractivity contribution is 9.10. The highest BCUT2D eigenvalue weighted by atomic mass is 79.9. The Morgan fingerprint density at radius 1 is 1.50 bits per heavy atom. The minimum atomic E-state index is -0.424. The van der Waals surface area contributed by atoms with Crippen molar-refractivity contribution in [2.24, 2.45) is 0 Å². The number of aromatic nitrogens is 2. The highest BCUT2D eigenvalue weighted by Gasteiger charge is 2.18. The minimum Gasteiger partial charge on any atom is -0.334 e. The van der Waals surface area contributed by atoms with Crippen molar-refractivity contribution >= 4 is 27.5 Å². The summed E-state index contributed by atoms with van der Waals surface area (Å²) < 4.78 is 19.1. The van der Waals surface area contributed by atoms with Crippen LogP contribution in [-0.4, -0.2) is 10.1 Å². The van der Waals surface area contributed by atoms with Crippen LogP contribution < -0.4 is 0 Å². The van der Waals surface area contributed by atoms with Crippen molar-refractivity contribution in [2.45, 2.75) is 12.3 Å². The molecule has 0 aliphatic heterocycles. The fraction of sp³-hybridized carbons (Fsp3) is 0.200. The Bertz CT molecular complexity index is 495. The molecule has 1 unspecified atom stereocenters. The highest BCUT2D eigenvalue weighted by Crippen LogP contribution is 2.30. The van der Waals surface area contributed by atoms with E-state index >= 15 is 0 Å². The fourth-order valence-electron chi connectivity index (χ4n) is 1.20. The Kier molecular flexibility index (Phi) is 3.25. The van der Waals surface area contributed by atoms with Gasteiger partial charge in [-0.05, 0) is 35.0 Å². The van der Waals surface area contributed by atoms with Crippen LogP contribution in [0.1, 0.15) is 18.1 Å². The van der Waals surface area contributed by atoms with Crippen LogP contribution in [-0.2, 0) is 0 Å². The fourth-order valence-corrected chi connectivity index (χ4v) is 1.80. The Labute approximate surface area is 105 Å². The molecule has 0 saturated heterocycles. The van der Waals surface area contributed by atoms with E-state index in [9.17, 15) is 4.39 Å². The normalized spacial score (nSPS) is 12.8. The van der Waals surface area contributed by atoms with Gasteiger partial charge in [-0.1, -0.05) is 11.2 Å². The molecule has 0 saturated carbocycles. The van der Waals surface area contributed by atoms with E-state index in [0.29, 0.717) is 10.3 Å². The lowest BCUT2D eigenvalue weighted by Crippen LogP contribution is -1.89. The van der Waals surface area contributed by atoms with Crippen LogP contribution in [0.25, 0.3) is 11.5 Å². The van der Waals surface area contributed by atoms with Crippen LogP contribution >= 0.6 is 27.5 Å². The van der Waals surface area contributed by atoms with Gasteiger partial charge in [-0.15, -0.1) is 11.6 Å². The lowest BCUT2D eigenvalue weighted by molar-refractivity contribution is 0.420. The summed E-state index contributed by atoms with van der Waals surface area (Å²) >= 11 is 9.02. The lowest BCUT2D eigenvalue weighted by atomic mass is 10.2. The topological polar surface area (TPSA) is 38.9 Å². The second kappa shape index (κ2) is 4.51. The van der Waals surface area contributed by atoms with Crippen molar-refractivity contribution < 1.29 is 8.91 Å². The molecule has 16 heavy (non-hydrogen) atoms. The first-order chi connectivity index (χ1) is 7.59. The third-order valence-electron chi connectivity index (χ3n) is 1.97. The quantitative estimate of drug-likeness (QED) is 0.789. The molecule has 1 aromatic heterocycles. The molecule has 3 nitrogen and oxygen atoms in total. The van der Waals surface area contributed by atoms with E-state index in [1.807, 2.05) is 0 Å². The first kappa shape index (κ1) is 11.5. The molecule has 0 fully saturated rings. The molecule has 1 heterocycles. The lowest BCUT2D eigenvalue weighted by Gasteiger charge is -1.99. The summed E-state index contributed by atoms with van der Waals surface area (Å²) in [4.78, 5) is 4.02. The second-order valence-electron chi connectivity index (χ2n) is 3.17. The molecule has 6 heteroatoms. The summed E-state index contributed by atoms with van der Waals surface area (Å²) in [5, 5.41) is 3.30. The second-order valence-corrected chi connectivity index (χ2v) is 4.68. The standard InChI is InChI=1S/C10H7BrClFN2O/c1-5(12)9-14-10(16-15-9)8-6(11)3-2-4-7(8)13/h2-5H,1H3. The number of rotatable bonds is 2. The molecule has 2 rings (SSSR count). The number of benzene rings is 1. The maximum atomic E-state index is 13.6. The zero-order valence-corrected chi connectivity index (χ0v) is 10.6. The smallest absolute Gasteiger partial charge is 0.262 e. The van der Waals surface area contributed by atoms with Crippen LogP contribution in [0, 0.1) is 5.82 Å². The number of nitrogens with zero attached hydrogens (tertiary/aromatic N) is 2. The Balaban J connectivity index is 2.50. The first-order valence-corrected chi connectivity index (χ1v) is 5.74. The molecule has 84 valence electrons. The van der Waals surface area contributed by atoms with Crippen LogP contribution in [0.3, 0.4) is 0 Å². The Morgan fingerprint density at radius 3 is 2.81 bits per heavy atom. The summed E-state index contributed by atoms with van der Waals surface area (Å²) in [5.41, 5.74) is 0.249. The van der Waals surface area contributed by atoms with Gasteiger partial charge in [-0.3, -0.25) is 0 Å². The monoisotopic (exact) mass is 304 g/mol. The summed E-state index contributed by atoms with van der Waals surface area (Å²) in [6.45, 7) is 1.71. The van der Waals surface area contributed by atoms with Crippen molar-refractivity contribution in [2.75, 3.05) is 0 Å². The molecule has 0 spiro atoms. The van der Waals surface area contributed by atoms with E-state index in [1.54, 1.807) is 19.1 Å². The van der Waals surface area contributed by atoms with Crippen molar-refractivity contribution in [3.8, 4) is 11.5 Å². The van der Waals surface area contributed by atoms with Crippen molar-refractivity contribution in [1.82, 2.24) is 10.1 Å². The third-order valence-corrected chi connectivity index (χ3v) is 2.83. The van der Waals surface area contributed by atoms with E-state index in [0.717, 1.165) is 0 Å². The first-order valence-electron chi connectivity index (χ1n) is 4.51. The van der Waals surface area contributed by atoms with E-state index in [1.165, 1.54) is 6.07 Å². The molecular weight excluding hydrogens is 298 g/mol. The summed E-state index contributed by atoms with van der Waals surface area (Å²) in [7, 11) is 0. The summed E-state index contributed by atoms with van der Waals surface area (Å²) in [5.74, 6) is 0.0334. The third kappa shape index (κ3) is 2.10. The van der Waals surface area contributed by atoms with Crippen LogP contribution in [0.4, 0.5) is 4.39 Å². The van der Waals surface area contributed by atoms with Gasteiger partial charge in [0.25, 0.3) is 5.89 Å². The maximum Gasteiger partial charge on any atom is 0.262 e. The number of alkyl halides is 1. The van der Waals surface area contributed by atoms with Crippen molar-refractivity contribution in [3.63, 3.8) is 0 Å². The molecule has 1 atom stereocenters. The SMILES string of the molecule is CC(Cl)c1noc(-c2c(F)cccc2Br)n1. The van der Waals surface area contributed by atoms with Gasteiger partial charge in [-0.2, -0.15) is 4.98 Å².